The van der Waals surface area contributed by atoms with Crippen LogP contribution in [0.3, 0.4) is 0 Å². The molecule has 1 aromatic carbocycles. The number of ketones is 1. The van der Waals surface area contributed by atoms with Crippen molar-refractivity contribution in [3.8, 4) is 0 Å². The van der Waals surface area contributed by atoms with Gasteiger partial charge in [0.15, 0.2) is 5.78 Å². The van der Waals surface area contributed by atoms with Crippen LogP contribution in [0.1, 0.15) is 29.3 Å². The average molecular weight is 295 g/mol. The summed E-state index contributed by atoms with van der Waals surface area (Å²) in [6.07, 6.45) is -4.09. The van der Waals surface area contributed by atoms with Gasteiger partial charge in [-0.15, -0.1) is 0 Å². The fourth-order valence-electron chi connectivity index (χ4n) is 1.24. The van der Waals surface area contributed by atoms with Crippen molar-refractivity contribution in [3.05, 3.63) is 35.4 Å². The number of carbonyl (C=O) groups excluding carboxylic acids is 1. The highest BCUT2D eigenvalue weighted by atomic mass is 79.9. The molecule has 0 heterocycles. The minimum Gasteiger partial charge on any atom is -0.298 e. The molecule has 0 aromatic heterocycles. The molecule has 0 amide bonds. The molecule has 0 saturated carbocycles. The van der Waals surface area contributed by atoms with E-state index in [0.29, 0.717) is 5.56 Å². The zero-order valence-electron chi connectivity index (χ0n) is 8.51. The fraction of sp³-hybridized carbons (Fsp3) is 0.364. The summed E-state index contributed by atoms with van der Waals surface area (Å²) in [5.41, 5.74) is -0.403. The number of alkyl halides is 4. The van der Waals surface area contributed by atoms with Gasteiger partial charge in [0, 0.05) is 6.42 Å². The maximum atomic E-state index is 12.4. The highest BCUT2D eigenvalue weighted by Crippen LogP contribution is 2.33. The van der Waals surface area contributed by atoms with E-state index in [1.807, 2.05) is 0 Å². The number of halogens is 4. The quantitative estimate of drug-likeness (QED) is 0.767. The van der Waals surface area contributed by atoms with E-state index in [2.05, 4.69) is 15.9 Å². The lowest BCUT2D eigenvalue weighted by molar-refractivity contribution is -0.137. The Balaban J connectivity index is 3.04. The van der Waals surface area contributed by atoms with Crippen molar-refractivity contribution in [1.29, 1.82) is 0 Å². The van der Waals surface area contributed by atoms with Crippen molar-refractivity contribution < 1.29 is 18.0 Å². The van der Waals surface area contributed by atoms with Gasteiger partial charge in [-0.3, -0.25) is 4.79 Å². The van der Waals surface area contributed by atoms with Crippen LogP contribution in [0, 0.1) is 0 Å². The molecule has 1 atom stereocenters. The molecule has 1 nitrogen and oxygen atoms in total. The van der Waals surface area contributed by atoms with Crippen molar-refractivity contribution in [2.75, 3.05) is 0 Å². The van der Waals surface area contributed by atoms with Crippen LogP contribution in [0.5, 0.6) is 0 Å². The Morgan fingerprint density at radius 2 is 2.06 bits per heavy atom. The lowest BCUT2D eigenvalue weighted by atomic mass is 10.0. The topological polar surface area (TPSA) is 17.1 Å². The first-order valence-electron chi connectivity index (χ1n) is 4.70. The van der Waals surface area contributed by atoms with E-state index in [1.165, 1.54) is 12.1 Å². The highest BCUT2D eigenvalue weighted by molar-refractivity contribution is 9.09. The number of Topliss-reactive ketones (excluding diaryl/α,β-unsaturated/α-hetero) is 1. The Labute approximate surface area is 99.8 Å². The van der Waals surface area contributed by atoms with E-state index in [9.17, 15) is 18.0 Å². The minimum atomic E-state index is -4.38. The molecule has 0 aliphatic carbocycles. The van der Waals surface area contributed by atoms with E-state index in [1.54, 1.807) is 6.92 Å². The predicted octanol–water partition coefficient (Wildman–Crippen LogP) is 4.12. The van der Waals surface area contributed by atoms with Gasteiger partial charge in [-0.25, -0.2) is 0 Å². The van der Waals surface area contributed by atoms with Gasteiger partial charge in [0.05, 0.1) is 10.4 Å². The first kappa shape index (κ1) is 13.2. The Morgan fingerprint density at radius 1 is 1.44 bits per heavy atom. The van der Waals surface area contributed by atoms with Gasteiger partial charge >= 0.3 is 6.18 Å². The Bertz CT molecular complexity index is 387. The molecule has 5 heteroatoms. The first-order chi connectivity index (χ1) is 7.36. The fourth-order valence-corrected chi connectivity index (χ4v) is 1.85. The number of rotatable bonds is 3. The summed E-state index contributed by atoms with van der Waals surface area (Å²) in [6, 6.07) is 4.78. The molecule has 88 valence electrons. The Hall–Kier alpha value is -0.840. The molecule has 1 rings (SSSR count). The molecule has 0 saturated heterocycles. The second kappa shape index (κ2) is 4.99. The van der Waals surface area contributed by atoms with Crippen molar-refractivity contribution in [2.45, 2.75) is 24.3 Å². The summed E-state index contributed by atoms with van der Waals surface area (Å²) in [5, 5.41) is 0. The SMILES string of the molecule is CCC(=O)C(Br)c1cccc(C(F)(F)F)c1. The molecule has 0 bridgehead atoms. The summed E-state index contributed by atoms with van der Waals surface area (Å²) < 4.78 is 37.2. The molecule has 1 unspecified atom stereocenters. The number of carbonyl (C=O) groups is 1. The van der Waals surface area contributed by atoms with Crippen molar-refractivity contribution in [3.63, 3.8) is 0 Å². The summed E-state index contributed by atoms with van der Waals surface area (Å²) in [6.45, 7) is 1.67. The zero-order chi connectivity index (χ0) is 12.3. The van der Waals surface area contributed by atoms with Gasteiger partial charge < -0.3 is 0 Å². The maximum absolute atomic E-state index is 12.4. The van der Waals surface area contributed by atoms with Crippen LogP contribution in [0.25, 0.3) is 0 Å². The Morgan fingerprint density at radius 3 is 2.56 bits per heavy atom. The van der Waals surface area contributed by atoms with E-state index in [4.69, 9.17) is 0 Å². The van der Waals surface area contributed by atoms with Crippen LogP contribution in [-0.2, 0) is 11.0 Å². The van der Waals surface area contributed by atoms with Gasteiger partial charge in [0.2, 0.25) is 0 Å². The molecule has 0 aliphatic heterocycles. The third-order valence-electron chi connectivity index (χ3n) is 2.14. The molecule has 16 heavy (non-hydrogen) atoms. The van der Waals surface area contributed by atoms with E-state index in [0.717, 1.165) is 12.1 Å². The first-order valence-corrected chi connectivity index (χ1v) is 5.61. The summed E-state index contributed by atoms with van der Waals surface area (Å²) >= 11 is 3.10. The zero-order valence-corrected chi connectivity index (χ0v) is 10.1. The van der Waals surface area contributed by atoms with Crippen LogP contribution in [0.2, 0.25) is 0 Å². The van der Waals surface area contributed by atoms with Crippen LogP contribution < -0.4 is 0 Å². The van der Waals surface area contributed by atoms with Crippen LogP contribution in [0.4, 0.5) is 13.2 Å². The van der Waals surface area contributed by atoms with Crippen LogP contribution in [0.15, 0.2) is 24.3 Å². The maximum Gasteiger partial charge on any atom is 0.416 e. The second-order valence-corrected chi connectivity index (χ2v) is 4.22. The monoisotopic (exact) mass is 294 g/mol. The smallest absolute Gasteiger partial charge is 0.298 e. The lowest BCUT2D eigenvalue weighted by Crippen LogP contribution is -2.08. The van der Waals surface area contributed by atoms with E-state index in [-0.39, 0.29) is 12.2 Å². The molecule has 1 aromatic rings. The molecular weight excluding hydrogens is 285 g/mol. The largest absolute Gasteiger partial charge is 0.416 e. The molecule has 0 aliphatic rings. The Kier molecular flexibility index (Phi) is 4.13. The van der Waals surface area contributed by atoms with Gasteiger partial charge in [-0.2, -0.15) is 13.2 Å². The van der Waals surface area contributed by atoms with E-state index >= 15 is 0 Å². The summed E-state index contributed by atoms with van der Waals surface area (Å²) in [7, 11) is 0. The third kappa shape index (κ3) is 3.07. The van der Waals surface area contributed by atoms with E-state index < -0.39 is 16.6 Å². The number of hydrogen-bond donors (Lipinski definition) is 0. The van der Waals surface area contributed by atoms with Crippen LogP contribution >= 0.6 is 15.9 Å². The standard InChI is InChI=1S/C11H10BrF3O/c1-2-9(16)10(12)7-4-3-5-8(6-7)11(13,14)15/h3-6,10H,2H2,1H3. The molecule has 0 N–H and O–H groups in total. The summed E-state index contributed by atoms with van der Waals surface area (Å²) in [4.78, 5) is 10.7. The number of benzene rings is 1. The molecule has 0 radical (unpaired) electrons. The third-order valence-corrected chi connectivity index (χ3v) is 3.18. The van der Waals surface area contributed by atoms with Crippen molar-refractivity contribution >= 4 is 21.7 Å². The highest BCUT2D eigenvalue weighted by Gasteiger charge is 2.31. The second-order valence-electron chi connectivity index (χ2n) is 3.31. The van der Waals surface area contributed by atoms with Gasteiger partial charge in [-0.05, 0) is 11.6 Å². The molecule has 0 fully saturated rings. The minimum absolute atomic E-state index is 0.140. The normalized spacial score (nSPS) is 13.6. The summed E-state index contributed by atoms with van der Waals surface area (Å²) in [5.74, 6) is -0.140. The van der Waals surface area contributed by atoms with Gasteiger partial charge in [-0.1, -0.05) is 41.1 Å². The van der Waals surface area contributed by atoms with Crippen molar-refractivity contribution in [2.24, 2.45) is 0 Å². The predicted molar refractivity (Wildman–Crippen MR) is 58.4 cm³/mol. The number of hydrogen-bond acceptors (Lipinski definition) is 1. The average Bonchev–Trinajstić information content (AvgIpc) is 2.26. The van der Waals surface area contributed by atoms with Crippen LogP contribution in [-0.4, -0.2) is 5.78 Å². The lowest BCUT2D eigenvalue weighted by Gasteiger charge is -2.11. The van der Waals surface area contributed by atoms with Gasteiger partial charge in [0.1, 0.15) is 0 Å². The van der Waals surface area contributed by atoms with Gasteiger partial charge in [0.25, 0.3) is 0 Å². The van der Waals surface area contributed by atoms with Crippen molar-refractivity contribution in [1.82, 2.24) is 0 Å². The molecule has 0 spiro atoms. The molecular formula is C11H10BrF3O.